The predicted octanol–water partition coefficient (Wildman–Crippen LogP) is 13.0. The molecule has 0 heterocycles. The number of aliphatic hydroxyl groups excluding tert-OH is 1. The van der Waals surface area contributed by atoms with Crippen LogP contribution in [0.5, 0.6) is 0 Å². The molecule has 0 aromatic rings. The molecule has 3 N–H and O–H groups in total. The molecule has 0 bridgehead atoms. The van der Waals surface area contributed by atoms with Crippen molar-refractivity contribution in [2.24, 2.45) is 47.2 Å². The number of amides is 2. The van der Waals surface area contributed by atoms with E-state index in [-0.39, 0.29) is 75.0 Å². The lowest BCUT2D eigenvalue weighted by atomic mass is 9.81. The maximum atomic E-state index is 14.0. The highest BCUT2D eigenvalue weighted by Crippen LogP contribution is 2.43. The number of nitrogens with zero attached hydrogens (tertiary/aromatic N) is 1. The number of primary amides is 1. The first kappa shape index (κ1) is 64.8. The number of nitrogens with two attached hydrogens (primary N) is 1. The molecular formula is C53H102N2O9Si3. The van der Waals surface area contributed by atoms with Crippen LogP contribution in [0.15, 0.2) is 48.6 Å². The molecule has 0 fully saturated rings. The van der Waals surface area contributed by atoms with Crippen molar-refractivity contribution in [2.75, 3.05) is 14.2 Å². The number of hydrogen-bond donors (Lipinski definition) is 2. The minimum absolute atomic E-state index is 0.00976. The van der Waals surface area contributed by atoms with Gasteiger partial charge in [-0.1, -0.05) is 159 Å². The van der Waals surface area contributed by atoms with Gasteiger partial charge >= 0.3 is 6.09 Å². The van der Waals surface area contributed by atoms with Crippen molar-refractivity contribution in [3.05, 3.63) is 48.6 Å². The van der Waals surface area contributed by atoms with E-state index in [0.29, 0.717) is 0 Å². The van der Waals surface area contributed by atoms with Gasteiger partial charge < -0.3 is 28.9 Å². The zero-order valence-electron chi connectivity index (χ0n) is 47.3. The minimum Gasteiger partial charge on any atom is -0.445 e. The summed E-state index contributed by atoms with van der Waals surface area (Å²) in [4.78, 5) is 44.8. The average molecular weight is 996 g/mol. The first-order valence-electron chi connectivity index (χ1n) is 24.8. The van der Waals surface area contributed by atoms with Crippen LogP contribution >= 0.6 is 0 Å². The van der Waals surface area contributed by atoms with Crippen molar-refractivity contribution in [1.82, 2.24) is 5.06 Å². The second kappa shape index (κ2) is 26.3. The molecule has 0 aliphatic heterocycles. The van der Waals surface area contributed by atoms with Gasteiger partial charge in [0, 0.05) is 31.2 Å². The van der Waals surface area contributed by atoms with Crippen molar-refractivity contribution in [3.63, 3.8) is 0 Å². The Labute approximate surface area is 413 Å². The van der Waals surface area contributed by atoms with E-state index in [0.717, 1.165) is 6.42 Å². The van der Waals surface area contributed by atoms with Crippen LogP contribution in [0, 0.1) is 41.4 Å². The second-order valence-corrected chi connectivity index (χ2v) is 38.7. The lowest BCUT2D eigenvalue weighted by molar-refractivity contribution is -0.177. The van der Waals surface area contributed by atoms with Crippen molar-refractivity contribution < 1.29 is 42.3 Å². The Bertz CT molecular complexity index is 1670. The molecule has 0 aromatic heterocycles. The molecule has 0 aromatic carbocycles. The van der Waals surface area contributed by atoms with Gasteiger partial charge in [0.2, 0.25) is 0 Å². The molecule has 0 aliphatic carbocycles. The Balaban J connectivity index is 6.95. The van der Waals surface area contributed by atoms with Gasteiger partial charge in [-0.05, 0) is 85.5 Å². The zero-order chi connectivity index (χ0) is 53.0. The molecule has 2 amide bonds. The molecule has 0 unspecified atom stereocenters. The highest BCUT2D eigenvalue weighted by molar-refractivity contribution is 6.75. The number of ketones is 1. The second-order valence-electron chi connectivity index (χ2n) is 24.4. The molecule has 0 saturated heterocycles. The standard InChI is InChI=1S/C53H102N2O9Si3/c1-27-28-29-36(3)46(61-50(54)59)41(8)47(63-66(23,24)52(13,14)15)39(6)33-35(2)32-38(5)45(62-65(21,22)51(10,11)12)37(4)30-31-43(56)34-44(57)40(7)48(42(9)49(58)55(19)60-20)64-67(25,26)53(16,17)18/h27-32,36-43,45-48,56H,1,33-34H2,2-26H3,(H2,54,59)/b29-28+,31-30+,35-32-/t36-,37-,38-,39-,40-,41+,42+,43+,45-,46-,47+,48-/m0/s1. The summed E-state index contributed by atoms with van der Waals surface area (Å²) in [5, 5.41) is 12.4. The summed E-state index contributed by atoms with van der Waals surface area (Å²) >= 11 is 0. The summed E-state index contributed by atoms with van der Waals surface area (Å²) in [5.74, 6) is -2.13. The van der Waals surface area contributed by atoms with Crippen LogP contribution in [0.2, 0.25) is 54.4 Å². The van der Waals surface area contributed by atoms with E-state index in [2.05, 4.69) is 149 Å². The van der Waals surface area contributed by atoms with Gasteiger partial charge in [0.15, 0.2) is 25.0 Å². The number of ether oxygens (including phenoxy) is 1. The van der Waals surface area contributed by atoms with E-state index < -0.39 is 61.2 Å². The van der Waals surface area contributed by atoms with E-state index >= 15 is 0 Å². The quantitative estimate of drug-likeness (QED) is 0.0355. The normalized spacial score (nSPS) is 19.4. The summed E-state index contributed by atoms with van der Waals surface area (Å²) in [6.07, 6.45) is 8.71. The molecule has 0 radical (unpaired) electrons. The van der Waals surface area contributed by atoms with Crippen molar-refractivity contribution in [1.29, 1.82) is 0 Å². The third-order valence-electron chi connectivity index (χ3n) is 15.4. The van der Waals surface area contributed by atoms with Crippen LogP contribution < -0.4 is 5.73 Å². The molecule has 390 valence electrons. The fourth-order valence-electron chi connectivity index (χ4n) is 7.81. The van der Waals surface area contributed by atoms with Crippen LogP contribution in [0.25, 0.3) is 0 Å². The smallest absolute Gasteiger partial charge is 0.404 e. The van der Waals surface area contributed by atoms with Crippen LogP contribution in [0.1, 0.15) is 131 Å². The Morgan fingerprint density at radius 1 is 0.657 bits per heavy atom. The van der Waals surface area contributed by atoms with Crippen molar-refractivity contribution >= 4 is 42.7 Å². The topological polar surface area (TPSA) is 147 Å². The first-order valence-corrected chi connectivity index (χ1v) is 33.5. The summed E-state index contributed by atoms with van der Waals surface area (Å²) in [5.41, 5.74) is 6.86. The van der Waals surface area contributed by atoms with Crippen LogP contribution in [-0.2, 0) is 32.4 Å². The number of carbonyl (C=O) groups excluding carboxylic acids is 3. The van der Waals surface area contributed by atoms with E-state index in [1.165, 1.54) is 17.7 Å². The van der Waals surface area contributed by atoms with Gasteiger partial charge in [-0.2, -0.15) is 0 Å². The van der Waals surface area contributed by atoms with E-state index in [9.17, 15) is 19.5 Å². The molecule has 0 saturated carbocycles. The molecule has 0 aliphatic rings. The van der Waals surface area contributed by atoms with Gasteiger partial charge in [-0.3, -0.25) is 14.4 Å². The van der Waals surface area contributed by atoms with Crippen molar-refractivity contribution in [2.45, 2.75) is 215 Å². The third-order valence-corrected chi connectivity index (χ3v) is 28.8. The number of hydrogen-bond acceptors (Lipinski definition) is 9. The van der Waals surface area contributed by atoms with Gasteiger partial charge in [-0.15, -0.1) is 0 Å². The molecule has 0 spiro atoms. The number of hydroxylamine groups is 2. The van der Waals surface area contributed by atoms with Gasteiger partial charge in [0.25, 0.3) is 5.91 Å². The first-order chi connectivity index (χ1) is 30.1. The lowest BCUT2D eigenvalue weighted by Gasteiger charge is -2.45. The highest BCUT2D eigenvalue weighted by atomic mass is 28.4. The number of allylic oxidation sites excluding steroid dienone is 3. The average Bonchev–Trinajstić information content (AvgIpc) is 3.18. The minimum atomic E-state index is -2.41. The number of Topliss-reactive ketones (excluding diaryl/α,β-unsaturated/α-hetero) is 1. The van der Waals surface area contributed by atoms with Gasteiger partial charge in [0.05, 0.1) is 37.4 Å². The largest absolute Gasteiger partial charge is 0.445 e. The lowest BCUT2D eigenvalue weighted by Crippen LogP contribution is -2.51. The summed E-state index contributed by atoms with van der Waals surface area (Å²) in [6.45, 7) is 53.3. The molecular weight excluding hydrogens is 893 g/mol. The highest BCUT2D eigenvalue weighted by Gasteiger charge is 2.46. The third kappa shape index (κ3) is 19.9. The summed E-state index contributed by atoms with van der Waals surface area (Å²) in [6, 6.07) is 0. The maximum Gasteiger partial charge on any atom is 0.404 e. The molecule has 14 heteroatoms. The Morgan fingerprint density at radius 2 is 1.09 bits per heavy atom. The molecule has 12 atom stereocenters. The summed E-state index contributed by atoms with van der Waals surface area (Å²) in [7, 11) is -3.99. The van der Waals surface area contributed by atoms with Crippen molar-refractivity contribution in [3.8, 4) is 0 Å². The van der Waals surface area contributed by atoms with Crippen LogP contribution in [-0.4, -0.2) is 97.6 Å². The Morgan fingerprint density at radius 3 is 1.51 bits per heavy atom. The maximum absolute atomic E-state index is 14.0. The van der Waals surface area contributed by atoms with Gasteiger partial charge in [-0.25, -0.2) is 9.86 Å². The van der Waals surface area contributed by atoms with Crippen LogP contribution in [0.3, 0.4) is 0 Å². The number of aliphatic hydroxyl groups is 1. The zero-order valence-corrected chi connectivity index (χ0v) is 50.3. The van der Waals surface area contributed by atoms with E-state index in [1.54, 1.807) is 33.0 Å². The Hall–Kier alpha value is -2.18. The van der Waals surface area contributed by atoms with E-state index in [1.807, 2.05) is 25.2 Å². The SMILES string of the molecule is C=C/C=C/[C@H](C)[C@H](OC(N)=O)[C@@H](C)[C@H](O[Si](C)(C)C(C)(C)C)[C@@H](C)C/C(C)=C\[C@H](C)[C@@H](O[Si](C)(C)C(C)(C)C)[C@@H](C)/C=C/[C@@H](O)CC(=O)[C@H](C)[C@H](O[Si](C)(C)C(C)(C)C)[C@@H](C)C(=O)N(C)OC. The summed E-state index contributed by atoms with van der Waals surface area (Å²) < 4.78 is 27.1. The van der Waals surface area contributed by atoms with Gasteiger partial charge in [0.1, 0.15) is 11.9 Å². The number of carbonyl (C=O) groups is 3. The fourth-order valence-corrected chi connectivity index (χ4v) is 12.2. The molecule has 67 heavy (non-hydrogen) atoms. The fraction of sp³-hybridized carbons (Fsp3) is 0.792. The van der Waals surface area contributed by atoms with Crippen LogP contribution in [0.4, 0.5) is 4.79 Å². The molecule has 0 rings (SSSR count). The number of rotatable bonds is 27. The Kier molecular flexibility index (Phi) is 25.5. The van der Waals surface area contributed by atoms with E-state index in [4.69, 9.17) is 28.6 Å². The molecule has 11 nitrogen and oxygen atoms in total. The monoisotopic (exact) mass is 995 g/mol. The predicted molar refractivity (Wildman–Crippen MR) is 287 cm³/mol.